The summed E-state index contributed by atoms with van der Waals surface area (Å²) < 4.78 is 2.23. The normalized spacial score (nSPS) is 20.2. The number of aryl methyl sites for hydroxylation is 1. The second-order valence-electron chi connectivity index (χ2n) is 6.15. The fraction of sp³-hybridized carbons (Fsp3) is 0.467. The third kappa shape index (κ3) is 2.30. The molecule has 2 aromatic rings. The maximum atomic E-state index is 10.8. The quantitative estimate of drug-likeness (QED) is 0.876. The zero-order valence-electron chi connectivity index (χ0n) is 11.9. The molecule has 0 bridgehead atoms. The molecule has 0 saturated heterocycles. The fourth-order valence-electron chi connectivity index (χ4n) is 2.59. The van der Waals surface area contributed by atoms with E-state index < -0.39 is 5.97 Å². The second kappa shape index (κ2) is 4.52. The average Bonchev–Trinajstić information content (AvgIpc) is 2.83. The minimum Gasteiger partial charge on any atom is -0.481 e. The Morgan fingerprint density at radius 1 is 1.55 bits per heavy atom. The number of aliphatic carboxylic acids is 1. The zero-order chi connectivity index (χ0) is 14.5. The third-order valence-corrected chi connectivity index (χ3v) is 4.85. The summed E-state index contributed by atoms with van der Waals surface area (Å²) in [7, 11) is 0. The van der Waals surface area contributed by atoms with Gasteiger partial charge in [0, 0.05) is 6.04 Å². The number of carboxylic acid groups (broad SMARTS) is 1. The van der Waals surface area contributed by atoms with Crippen molar-refractivity contribution in [2.24, 2.45) is 5.41 Å². The predicted octanol–water partition coefficient (Wildman–Crippen LogP) is 3.49. The highest BCUT2D eigenvalue weighted by atomic mass is 32.2. The van der Waals surface area contributed by atoms with E-state index in [9.17, 15) is 4.79 Å². The zero-order valence-corrected chi connectivity index (χ0v) is 12.7. The maximum absolute atomic E-state index is 10.8. The van der Waals surface area contributed by atoms with Gasteiger partial charge in [-0.15, -0.1) is 0 Å². The van der Waals surface area contributed by atoms with Crippen LogP contribution >= 0.6 is 11.8 Å². The van der Waals surface area contributed by atoms with Gasteiger partial charge < -0.3 is 9.67 Å². The minimum atomic E-state index is -0.806. The van der Waals surface area contributed by atoms with Gasteiger partial charge in [-0.1, -0.05) is 31.7 Å². The molecule has 4 nitrogen and oxygen atoms in total. The molecule has 1 unspecified atom stereocenters. The summed E-state index contributed by atoms with van der Waals surface area (Å²) in [5.74, 6) is -0.755. The van der Waals surface area contributed by atoms with Gasteiger partial charge in [0.25, 0.3) is 0 Å². The SMILES string of the molecule is Cc1ccc2nc(SCC(=O)O)n(C3CC3(C)C)c2c1. The van der Waals surface area contributed by atoms with E-state index in [1.807, 2.05) is 12.1 Å². The van der Waals surface area contributed by atoms with E-state index in [0.717, 1.165) is 22.6 Å². The number of hydrogen-bond donors (Lipinski definition) is 1. The van der Waals surface area contributed by atoms with Crippen LogP contribution in [0.3, 0.4) is 0 Å². The first-order valence-corrected chi connectivity index (χ1v) is 7.70. The van der Waals surface area contributed by atoms with Gasteiger partial charge in [-0.05, 0) is 36.5 Å². The summed E-state index contributed by atoms with van der Waals surface area (Å²) in [6.07, 6.45) is 1.12. The number of rotatable bonds is 4. The number of fused-ring (bicyclic) bond motifs is 1. The first-order chi connectivity index (χ1) is 9.38. The van der Waals surface area contributed by atoms with Crippen LogP contribution in [0.4, 0.5) is 0 Å². The Morgan fingerprint density at radius 2 is 2.25 bits per heavy atom. The molecular formula is C15H18N2O2S. The van der Waals surface area contributed by atoms with Crippen LogP contribution in [0.5, 0.6) is 0 Å². The monoisotopic (exact) mass is 290 g/mol. The van der Waals surface area contributed by atoms with Crippen molar-refractivity contribution in [2.45, 2.75) is 38.4 Å². The van der Waals surface area contributed by atoms with Crippen molar-refractivity contribution in [3.8, 4) is 0 Å². The molecule has 3 rings (SSSR count). The summed E-state index contributed by atoms with van der Waals surface area (Å²) >= 11 is 1.31. The number of benzene rings is 1. The van der Waals surface area contributed by atoms with E-state index in [4.69, 9.17) is 5.11 Å². The molecule has 1 aliphatic rings. The van der Waals surface area contributed by atoms with Crippen LogP contribution in [0.2, 0.25) is 0 Å². The van der Waals surface area contributed by atoms with Crippen molar-refractivity contribution in [1.82, 2.24) is 9.55 Å². The largest absolute Gasteiger partial charge is 0.481 e. The van der Waals surface area contributed by atoms with Crippen LogP contribution in [0.15, 0.2) is 23.4 Å². The van der Waals surface area contributed by atoms with E-state index in [1.54, 1.807) is 0 Å². The van der Waals surface area contributed by atoms with Crippen LogP contribution in [-0.4, -0.2) is 26.4 Å². The Morgan fingerprint density at radius 3 is 2.85 bits per heavy atom. The van der Waals surface area contributed by atoms with Gasteiger partial charge >= 0.3 is 5.97 Å². The molecule has 1 aromatic heterocycles. The number of carbonyl (C=O) groups is 1. The van der Waals surface area contributed by atoms with E-state index in [-0.39, 0.29) is 11.2 Å². The highest BCUT2D eigenvalue weighted by molar-refractivity contribution is 7.99. The molecule has 1 fully saturated rings. The van der Waals surface area contributed by atoms with Gasteiger partial charge in [0.05, 0.1) is 16.8 Å². The van der Waals surface area contributed by atoms with Crippen molar-refractivity contribution >= 4 is 28.8 Å². The number of hydrogen-bond acceptors (Lipinski definition) is 3. The molecule has 1 N–H and O–H groups in total. The summed E-state index contributed by atoms with van der Waals surface area (Å²) in [5, 5.41) is 9.71. The van der Waals surface area contributed by atoms with Crippen LogP contribution in [0, 0.1) is 12.3 Å². The fourth-order valence-corrected chi connectivity index (χ4v) is 3.37. The van der Waals surface area contributed by atoms with Gasteiger partial charge in [-0.2, -0.15) is 0 Å². The van der Waals surface area contributed by atoms with Crippen LogP contribution in [0.1, 0.15) is 31.9 Å². The molecule has 20 heavy (non-hydrogen) atoms. The Labute approximate surface area is 122 Å². The Balaban J connectivity index is 2.08. The molecule has 1 aliphatic carbocycles. The molecular weight excluding hydrogens is 272 g/mol. The highest BCUT2D eigenvalue weighted by Gasteiger charge is 2.48. The molecule has 0 aliphatic heterocycles. The Bertz CT molecular complexity index is 690. The number of nitrogens with zero attached hydrogens (tertiary/aromatic N) is 2. The van der Waals surface area contributed by atoms with Crippen LogP contribution in [-0.2, 0) is 4.79 Å². The van der Waals surface area contributed by atoms with E-state index in [1.165, 1.54) is 17.3 Å². The van der Waals surface area contributed by atoms with E-state index in [0.29, 0.717) is 6.04 Å². The Hall–Kier alpha value is -1.49. The third-order valence-electron chi connectivity index (χ3n) is 3.91. The lowest BCUT2D eigenvalue weighted by Gasteiger charge is -2.10. The van der Waals surface area contributed by atoms with Crippen molar-refractivity contribution in [2.75, 3.05) is 5.75 Å². The first kappa shape index (κ1) is 13.5. The molecule has 0 radical (unpaired) electrons. The lowest BCUT2D eigenvalue weighted by atomic mass is 10.2. The summed E-state index contributed by atoms with van der Waals surface area (Å²) in [6.45, 7) is 6.55. The van der Waals surface area contributed by atoms with Gasteiger partial charge in [-0.3, -0.25) is 4.79 Å². The number of aromatic nitrogens is 2. The molecule has 1 atom stereocenters. The van der Waals surface area contributed by atoms with Crippen molar-refractivity contribution in [1.29, 1.82) is 0 Å². The minimum absolute atomic E-state index is 0.0510. The first-order valence-electron chi connectivity index (χ1n) is 6.72. The molecule has 1 saturated carbocycles. The lowest BCUT2D eigenvalue weighted by molar-refractivity contribution is -0.133. The second-order valence-corrected chi connectivity index (χ2v) is 7.09. The number of carboxylic acids is 1. The van der Waals surface area contributed by atoms with Gasteiger partial charge in [0.1, 0.15) is 0 Å². The molecule has 5 heteroatoms. The molecule has 0 spiro atoms. The van der Waals surface area contributed by atoms with Gasteiger partial charge in [-0.25, -0.2) is 4.98 Å². The number of thioether (sulfide) groups is 1. The van der Waals surface area contributed by atoms with Crippen LogP contribution < -0.4 is 0 Å². The standard InChI is InChI=1S/C15H18N2O2S/c1-9-4-5-10-11(6-9)17(12-7-15(12,2)3)14(16-10)20-8-13(18)19/h4-6,12H,7-8H2,1-3H3,(H,18,19). The van der Waals surface area contributed by atoms with Crippen molar-refractivity contribution in [3.05, 3.63) is 23.8 Å². The molecule has 1 aromatic carbocycles. The maximum Gasteiger partial charge on any atom is 0.313 e. The predicted molar refractivity (Wildman–Crippen MR) is 80.3 cm³/mol. The van der Waals surface area contributed by atoms with Crippen molar-refractivity contribution < 1.29 is 9.90 Å². The smallest absolute Gasteiger partial charge is 0.313 e. The van der Waals surface area contributed by atoms with E-state index >= 15 is 0 Å². The summed E-state index contributed by atoms with van der Waals surface area (Å²) in [4.78, 5) is 15.4. The molecule has 0 amide bonds. The van der Waals surface area contributed by atoms with Crippen LogP contribution in [0.25, 0.3) is 11.0 Å². The van der Waals surface area contributed by atoms with Gasteiger partial charge in [0.2, 0.25) is 0 Å². The van der Waals surface area contributed by atoms with Gasteiger partial charge in [0.15, 0.2) is 5.16 Å². The van der Waals surface area contributed by atoms with Crippen molar-refractivity contribution in [3.63, 3.8) is 0 Å². The average molecular weight is 290 g/mol. The number of imidazole rings is 1. The summed E-state index contributed by atoms with van der Waals surface area (Å²) in [6, 6.07) is 6.62. The molecule has 1 heterocycles. The van der Waals surface area contributed by atoms with E-state index in [2.05, 4.69) is 36.4 Å². The topological polar surface area (TPSA) is 55.1 Å². The lowest BCUT2D eigenvalue weighted by Crippen LogP contribution is -2.04. The Kier molecular flexibility index (Phi) is 3.05. The summed E-state index contributed by atoms with van der Waals surface area (Å²) in [5.41, 5.74) is 3.54. The highest BCUT2D eigenvalue weighted by Crippen LogP contribution is 2.57. The molecule has 106 valence electrons.